The molecule has 1 fully saturated rings. The van der Waals surface area contributed by atoms with E-state index in [9.17, 15) is 14.7 Å². The molecule has 1 amide bonds. The molecule has 4 N–H and O–H groups in total. The van der Waals surface area contributed by atoms with Crippen LogP contribution in [0, 0.1) is 0 Å². The Bertz CT molecular complexity index is 588. The van der Waals surface area contributed by atoms with Crippen molar-refractivity contribution in [3.8, 4) is 0 Å². The molecule has 0 radical (unpaired) electrons. The number of amides is 1. The molecule has 0 spiro atoms. The maximum absolute atomic E-state index is 11.7. The number of nitrogens with one attached hydrogen (secondary N) is 1. The number of hydrogen-bond donors (Lipinski definition) is 3. The number of thioether (sulfide) groups is 2. The minimum absolute atomic E-state index is 0.0588. The Morgan fingerprint density at radius 1 is 1.70 bits per heavy atom. The second-order valence-electron chi connectivity index (χ2n) is 4.26. The summed E-state index contributed by atoms with van der Waals surface area (Å²) in [5.41, 5.74) is 6.43. The van der Waals surface area contributed by atoms with Gasteiger partial charge >= 0.3 is 5.97 Å². The van der Waals surface area contributed by atoms with Gasteiger partial charge in [-0.15, -0.1) is 16.9 Å². The molecule has 2 aliphatic rings. The molecule has 8 nitrogen and oxygen atoms in total. The molecule has 3 rings (SSSR count). The van der Waals surface area contributed by atoms with E-state index in [-0.39, 0.29) is 17.0 Å². The van der Waals surface area contributed by atoms with E-state index < -0.39 is 12.0 Å². The van der Waals surface area contributed by atoms with Gasteiger partial charge in [0.2, 0.25) is 11.1 Å². The molecule has 1 saturated heterocycles. The number of nitrogens with zero attached hydrogens (tertiary/aromatic N) is 3. The summed E-state index contributed by atoms with van der Waals surface area (Å²) >= 11 is 2.82. The largest absolute Gasteiger partial charge is 0.477 e. The van der Waals surface area contributed by atoms with Crippen LogP contribution in [0.1, 0.15) is 0 Å². The summed E-state index contributed by atoms with van der Waals surface area (Å²) in [6.45, 7) is 0. The Morgan fingerprint density at radius 3 is 3.15 bits per heavy atom. The first-order valence-electron chi connectivity index (χ1n) is 5.73. The summed E-state index contributed by atoms with van der Waals surface area (Å²) in [4.78, 5) is 28.4. The fourth-order valence-electron chi connectivity index (χ4n) is 2.11. The highest BCUT2D eigenvalue weighted by atomic mass is 32.2. The van der Waals surface area contributed by atoms with Crippen molar-refractivity contribution in [1.29, 1.82) is 0 Å². The van der Waals surface area contributed by atoms with E-state index in [4.69, 9.17) is 5.73 Å². The van der Waals surface area contributed by atoms with Crippen LogP contribution in [-0.4, -0.2) is 60.0 Å². The highest BCUT2D eigenvalue weighted by Gasteiger charge is 2.51. The quantitative estimate of drug-likeness (QED) is 0.501. The summed E-state index contributed by atoms with van der Waals surface area (Å²) in [6, 6.07) is -0.600. The third-order valence-electron chi connectivity index (χ3n) is 3.06. The predicted molar refractivity (Wildman–Crippen MR) is 72.8 cm³/mol. The number of fused-ring (bicyclic) bond motifs is 1. The van der Waals surface area contributed by atoms with Crippen molar-refractivity contribution >= 4 is 35.4 Å². The fourth-order valence-corrected chi connectivity index (χ4v) is 4.32. The number of H-pyrrole nitrogens is 1. The Hall–Kier alpha value is -1.52. The SMILES string of the molecule is NC1C(=O)N2C(C(=O)O)=C(CSc3nc[nH]n3)CS[C@@H]12. The summed E-state index contributed by atoms with van der Waals surface area (Å²) in [5, 5.41) is 16.1. The highest BCUT2D eigenvalue weighted by molar-refractivity contribution is 8.01. The van der Waals surface area contributed by atoms with Crippen LogP contribution in [0.25, 0.3) is 0 Å². The molecular formula is C10H11N5O3S2. The number of rotatable bonds is 4. The average Bonchev–Trinajstić information content (AvgIpc) is 2.96. The van der Waals surface area contributed by atoms with Crippen LogP contribution in [0.2, 0.25) is 0 Å². The monoisotopic (exact) mass is 313 g/mol. The van der Waals surface area contributed by atoms with Crippen molar-refractivity contribution in [2.75, 3.05) is 11.5 Å². The lowest BCUT2D eigenvalue weighted by molar-refractivity contribution is -0.147. The van der Waals surface area contributed by atoms with E-state index in [2.05, 4.69) is 15.2 Å². The normalized spacial score (nSPS) is 25.4. The van der Waals surface area contributed by atoms with Gasteiger partial charge in [0.15, 0.2) is 0 Å². The van der Waals surface area contributed by atoms with Crippen molar-refractivity contribution in [1.82, 2.24) is 20.1 Å². The van der Waals surface area contributed by atoms with Gasteiger partial charge < -0.3 is 10.8 Å². The lowest BCUT2D eigenvalue weighted by Gasteiger charge is -2.48. The number of β-lactam (4-membered cyclic amide) rings is 1. The molecule has 1 aromatic rings. The van der Waals surface area contributed by atoms with E-state index in [1.807, 2.05) is 0 Å². The van der Waals surface area contributed by atoms with Gasteiger partial charge in [-0.1, -0.05) is 11.8 Å². The fraction of sp³-hybridized carbons (Fsp3) is 0.400. The first-order chi connectivity index (χ1) is 9.59. The molecule has 0 bridgehead atoms. The van der Waals surface area contributed by atoms with E-state index in [1.54, 1.807) is 0 Å². The first kappa shape index (κ1) is 13.5. The van der Waals surface area contributed by atoms with Crippen molar-refractivity contribution in [3.63, 3.8) is 0 Å². The van der Waals surface area contributed by atoms with Crippen LogP contribution in [0.4, 0.5) is 0 Å². The van der Waals surface area contributed by atoms with Crippen LogP contribution in [0.15, 0.2) is 22.8 Å². The van der Waals surface area contributed by atoms with Gasteiger partial charge in [0.25, 0.3) is 0 Å². The average molecular weight is 313 g/mol. The molecule has 20 heavy (non-hydrogen) atoms. The molecule has 2 aliphatic heterocycles. The van der Waals surface area contributed by atoms with Gasteiger partial charge in [-0.2, -0.15) is 0 Å². The number of nitrogens with two attached hydrogens (primary N) is 1. The molecule has 0 aromatic carbocycles. The van der Waals surface area contributed by atoms with E-state index >= 15 is 0 Å². The summed E-state index contributed by atoms with van der Waals surface area (Å²) in [5.74, 6) is -0.458. The second-order valence-corrected chi connectivity index (χ2v) is 6.31. The Kier molecular flexibility index (Phi) is 3.44. The third-order valence-corrected chi connectivity index (χ3v) is 5.37. The first-order valence-corrected chi connectivity index (χ1v) is 7.77. The third kappa shape index (κ3) is 2.09. The Labute approximate surface area is 122 Å². The number of carboxylic acids is 1. The van der Waals surface area contributed by atoms with E-state index in [0.29, 0.717) is 22.2 Å². The zero-order chi connectivity index (χ0) is 14.3. The van der Waals surface area contributed by atoms with Crippen LogP contribution in [0.5, 0.6) is 0 Å². The number of aromatic nitrogens is 3. The molecule has 1 aromatic heterocycles. The maximum Gasteiger partial charge on any atom is 0.352 e. The number of carbonyl (C=O) groups excluding carboxylic acids is 1. The Morgan fingerprint density at radius 2 is 2.50 bits per heavy atom. The van der Waals surface area contributed by atoms with E-state index in [1.165, 1.54) is 34.8 Å². The van der Waals surface area contributed by atoms with Crippen LogP contribution in [0.3, 0.4) is 0 Å². The van der Waals surface area contributed by atoms with Crippen molar-refractivity contribution in [2.24, 2.45) is 5.73 Å². The molecule has 3 heterocycles. The summed E-state index contributed by atoms with van der Waals surface area (Å²) in [7, 11) is 0. The minimum Gasteiger partial charge on any atom is -0.477 e. The number of aromatic amines is 1. The highest BCUT2D eigenvalue weighted by Crippen LogP contribution is 2.40. The van der Waals surface area contributed by atoms with Gasteiger partial charge in [0, 0.05) is 11.5 Å². The standard InChI is InChI=1S/C10H11N5O3S2/c11-5-7(16)15-6(9(17)18)4(1-19-8(5)15)2-20-10-12-3-13-14-10/h3,5,8H,1-2,11H2,(H,17,18)(H,12,13,14)/t5?,8-/m0/s1. The molecule has 10 heteroatoms. The second kappa shape index (κ2) is 5.11. The zero-order valence-electron chi connectivity index (χ0n) is 10.1. The van der Waals surface area contributed by atoms with Gasteiger partial charge in [-0.25, -0.2) is 9.78 Å². The van der Waals surface area contributed by atoms with Crippen molar-refractivity contribution < 1.29 is 14.7 Å². The summed E-state index contributed by atoms with van der Waals surface area (Å²) < 4.78 is 0. The minimum atomic E-state index is -1.10. The summed E-state index contributed by atoms with van der Waals surface area (Å²) in [6.07, 6.45) is 1.46. The maximum atomic E-state index is 11.7. The molecule has 2 atom stereocenters. The van der Waals surface area contributed by atoms with Gasteiger partial charge in [0.05, 0.1) is 0 Å². The number of aliphatic carboxylic acids is 1. The van der Waals surface area contributed by atoms with Gasteiger partial charge in [-0.05, 0) is 5.57 Å². The van der Waals surface area contributed by atoms with Crippen LogP contribution < -0.4 is 5.73 Å². The van der Waals surface area contributed by atoms with E-state index in [0.717, 1.165) is 0 Å². The molecule has 0 aliphatic carbocycles. The van der Waals surface area contributed by atoms with Crippen molar-refractivity contribution in [3.05, 3.63) is 17.6 Å². The number of carbonyl (C=O) groups is 2. The predicted octanol–water partition coefficient (Wildman–Crippen LogP) is -0.522. The molecular weight excluding hydrogens is 302 g/mol. The lowest BCUT2D eigenvalue weighted by atomic mass is 10.0. The molecule has 1 unspecified atom stereocenters. The van der Waals surface area contributed by atoms with Crippen LogP contribution in [-0.2, 0) is 9.59 Å². The van der Waals surface area contributed by atoms with Gasteiger partial charge in [0.1, 0.15) is 23.4 Å². The number of carboxylic acid groups (broad SMARTS) is 1. The van der Waals surface area contributed by atoms with Crippen molar-refractivity contribution in [2.45, 2.75) is 16.6 Å². The Balaban J connectivity index is 1.82. The molecule has 0 saturated carbocycles. The van der Waals surface area contributed by atoms with Crippen LogP contribution >= 0.6 is 23.5 Å². The van der Waals surface area contributed by atoms with Gasteiger partial charge in [-0.3, -0.25) is 14.8 Å². The topological polar surface area (TPSA) is 125 Å². The zero-order valence-corrected chi connectivity index (χ0v) is 11.8. The lowest BCUT2D eigenvalue weighted by Crippen LogP contribution is -2.68. The molecule has 106 valence electrons. The number of hydrogen-bond acceptors (Lipinski definition) is 7. The smallest absolute Gasteiger partial charge is 0.352 e.